The molecule has 0 fully saturated rings. The number of amides is 2. The Hall–Kier alpha value is -1.63. The predicted molar refractivity (Wildman–Crippen MR) is 59.3 cm³/mol. The lowest BCUT2D eigenvalue weighted by atomic mass is 10.3. The van der Waals surface area contributed by atoms with Crippen LogP contribution in [0.5, 0.6) is 0 Å². The van der Waals surface area contributed by atoms with Crippen molar-refractivity contribution in [2.45, 2.75) is 4.90 Å². The number of primary amides is 1. The molecule has 2 amide bonds. The summed E-state index contributed by atoms with van der Waals surface area (Å²) in [5.41, 5.74) is 4.83. The first kappa shape index (κ1) is 13.4. The van der Waals surface area contributed by atoms with Gasteiger partial charge < -0.3 is 11.1 Å². The second kappa shape index (κ2) is 6.19. The minimum Gasteiger partial charge on any atom is -0.368 e. The molecule has 0 saturated carbocycles. The maximum absolute atomic E-state index is 13.1. The number of hydrogen-bond donors (Lipinski definition) is 2. The fourth-order valence-electron chi connectivity index (χ4n) is 0.972. The normalized spacial score (nSPS) is 10.0. The van der Waals surface area contributed by atoms with Crippen molar-refractivity contribution < 1.29 is 18.4 Å². The van der Waals surface area contributed by atoms with Gasteiger partial charge in [0.15, 0.2) is 0 Å². The smallest absolute Gasteiger partial charge is 0.236 e. The molecule has 1 aromatic rings. The van der Waals surface area contributed by atoms with E-state index >= 15 is 0 Å². The van der Waals surface area contributed by atoms with Crippen LogP contribution >= 0.6 is 11.8 Å². The summed E-state index contributed by atoms with van der Waals surface area (Å²) in [7, 11) is 0. The average molecular weight is 260 g/mol. The summed E-state index contributed by atoms with van der Waals surface area (Å²) in [5.74, 6) is -2.58. The molecule has 0 radical (unpaired) electrons. The Balaban J connectivity index is 2.44. The fourth-order valence-corrected chi connectivity index (χ4v) is 1.72. The molecule has 0 aliphatic heterocycles. The van der Waals surface area contributed by atoms with Gasteiger partial charge in [0.2, 0.25) is 11.8 Å². The van der Waals surface area contributed by atoms with E-state index in [0.29, 0.717) is 0 Å². The summed E-state index contributed by atoms with van der Waals surface area (Å²) in [6, 6.07) is 3.09. The second-order valence-electron chi connectivity index (χ2n) is 3.11. The number of nitrogens with two attached hydrogens (primary N) is 1. The molecule has 0 spiro atoms. The largest absolute Gasteiger partial charge is 0.368 e. The Morgan fingerprint density at radius 3 is 2.65 bits per heavy atom. The minimum absolute atomic E-state index is 0.0736. The number of thioether (sulfide) groups is 1. The molecular weight excluding hydrogens is 250 g/mol. The van der Waals surface area contributed by atoms with Gasteiger partial charge in [-0.2, -0.15) is 0 Å². The van der Waals surface area contributed by atoms with E-state index in [1.54, 1.807) is 0 Å². The van der Waals surface area contributed by atoms with Gasteiger partial charge in [-0.25, -0.2) is 8.78 Å². The minimum atomic E-state index is -0.724. The van der Waals surface area contributed by atoms with Gasteiger partial charge in [0.25, 0.3) is 0 Å². The summed E-state index contributed by atoms with van der Waals surface area (Å²) in [4.78, 5) is 21.7. The molecule has 17 heavy (non-hydrogen) atoms. The first-order chi connectivity index (χ1) is 7.99. The molecule has 1 aromatic carbocycles. The molecule has 3 N–H and O–H groups in total. The molecule has 92 valence electrons. The molecule has 7 heteroatoms. The highest BCUT2D eigenvalue weighted by molar-refractivity contribution is 8.00. The molecule has 0 bridgehead atoms. The van der Waals surface area contributed by atoms with E-state index in [1.165, 1.54) is 6.07 Å². The van der Waals surface area contributed by atoms with Crippen LogP contribution in [-0.2, 0) is 9.59 Å². The third kappa shape index (κ3) is 4.81. The Morgan fingerprint density at radius 1 is 1.35 bits per heavy atom. The average Bonchev–Trinajstić information content (AvgIpc) is 2.25. The lowest BCUT2D eigenvalue weighted by Gasteiger charge is -2.04. The zero-order valence-corrected chi connectivity index (χ0v) is 9.52. The summed E-state index contributed by atoms with van der Waals surface area (Å²) in [5, 5.41) is 2.25. The Morgan fingerprint density at radius 2 is 2.06 bits per heavy atom. The van der Waals surface area contributed by atoms with Crippen LogP contribution in [0.2, 0.25) is 0 Å². The summed E-state index contributed by atoms with van der Waals surface area (Å²) < 4.78 is 25.7. The second-order valence-corrected chi connectivity index (χ2v) is 4.12. The van der Waals surface area contributed by atoms with Crippen molar-refractivity contribution in [1.82, 2.24) is 5.32 Å². The number of carbonyl (C=O) groups is 2. The fraction of sp³-hybridized carbons (Fsp3) is 0.200. The van der Waals surface area contributed by atoms with Crippen molar-refractivity contribution in [3.8, 4) is 0 Å². The van der Waals surface area contributed by atoms with Crippen molar-refractivity contribution in [3.63, 3.8) is 0 Å². The van der Waals surface area contributed by atoms with Crippen LogP contribution in [0.15, 0.2) is 23.1 Å². The van der Waals surface area contributed by atoms with E-state index < -0.39 is 23.4 Å². The van der Waals surface area contributed by atoms with Crippen LogP contribution in [0.1, 0.15) is 0 Å². The highest BCUT2D eigenvalue weighted by Crippen LogP contribution is 2.21. The molecule has 0 atom stereocenters. The molecule has 0 saturated heterocycles. The molecule has 0 aromatic heterocycles. The molecule has 1 rings (SSSR count). The molecule has 0 heterocycles. The van der Waals surface area contributed by atoms with Crippen molar-refractivity contribution in [3.05, 3.63) is 29.8 Å². The van der Waals surface area contributed by atoms with Gasteiger partial charge >= 0.3 is 0 Å². The van der Waals surface area contributed by atoms with Crippen LogP contribution in [0.3, 0.4) is 0 Å². The van der Waals surface area contributed by atoms with E-state index in [4.69, 9.17) is 5.73 Å². The van der Waals surface area contributed by atoms with E-state index in [-0.39, 0.29) is 17.2 Å². The lowest BCUT2D eigenvalue weighted by Crippen LogP contribution is -2.34. The van der Waals surface area contributed by atoms with Crippen LogP contribution in [0.25, 0.3) is 0 Å². The van der Waals surface area contributed by atoms with Gasteiger partial charge in [-0.05, 0) is 12.1 Å². The predicted octanol–water partition coefficient (Wildman–Crippen LogP) is 0.658. The van der Waals surface area contributed by atoms with Gasteiger partial charge in [-0.1, -0.05) is 0 Å². The maximum Gasteiger partial charge on any atom is 0.236 e. The number of benzene rings is 1. The van der Waals surface area contributed by atoms with Crippen LogP contribution in [-0.4, -0.2) is 24.1 Å². The van der Waals surface area contributed by atoms with E-state index in [9.17, 15) is 18.4 Å². The van der Waals surface area contributed by atoms with Crippen molar-refractivity contribution >= 4 is 23.6 Å². The lowest BCUT2D eigenvalue weighted by molar-refractivity contribution is -0.123. The van der Waals surface area contributed by atoms with E-state index in [1.807, 2.05) is 0 Å². The highest BCUT2D eigenvalue weighted by atomic mass is 32.2. The molecule has 4 nitrogen and oxygen atoms in total. The maximum atomic E-state index is 13.1. The molecule has 0 unspecified atom stereocenters. The summed E-state index contributed by atoms with van der Waals surface area (Å²) in [6.45, 7) is -0.259. The third-order valence-electron chi connectivity index (χ3n) is 1.71. The Labute approximate surface area is 101 Å². The van der Waals surface area contributed by atoms with Gasteiger partial charge in [-0.15, -0.1) is 11.8 Å². The standard InChI is InChI=1S/C10H10F2N2O2S/c11-6-1-2-8(7(12)3-6)17-5-10(16)14-4-9(13)15/h1-3H,4-5H2,(H2,13,15)(H,14,16). The van der Waals surface area contributed by atoms with E-state index in [2.05, 4.69) is 5.32 Å². The van der Waals surface area contributed by atoms with Crippen molar-refractivity contribution in [1.29, 1.82) is 0 Å². The number of hydrogen-bond acceptors (Lipinski definition) is 3. The van der Waals surface area contributed by atoms with Gasteiger partial charge in [0.05, 0.1) is 12.3 Å². The van der Waals surface area contributed by atoms with Crippen molar-refractivity contribution in [2.75, 3.05) is 12.3 Å². The molecule has 0 aliphatic rings. The monoisotopic (exact) mass is 260 g/mol. The van der Waals surface area contributed by atoms with Crippen molar-refractivity contribution in [2.24, 2.45) is 5.73 Å². The summed E-state index contributed by atoms with van der Waals surface area (Å²) in [6.07, 6.45) is 0. The van der Waals surface area contributed by atoms with Gasteiger partial charge in [0.1, 0.15) is 11.6 Å². The first-order valence-corrected chi connectivity index (χ1v) is 5.60. The number of rotatable bonds is 5. The third-order valence-corrected chi connectivity index (χ3v) is 2.76. The zero-order valence-electron chi connectivity index (χ0n) is 8.70. The summed E-state index contributed by atoms with van der Waals surface area (Å²) >= 11 is 0.910. The topological polar surface area (TPSA) is 72.2 Å². The Kier molecular flexibility index (Phi) is 4.89. The van der Waals surface area contributed by atoms with Gasteiger partial charge in [-0.3, -0.25) is 9.59 Å². The van der Waals surface area contributed by atoms with Crippen LogP contribution in [0, 0.1) is 11.6 Å². The number of nitrogens with one attached hydrogen (secondary N) is 1. The first-order valence-electron chi connectivity index (χ1n) is 4.62. The zero-order chi connectivity index (χ0) is 12.8. The van der Waals surface area contributed by atoms with Gasteiger partial charge in [0, 0.05) is 11.0 Å². The number of carbonyl (C=O) groups excluding carboxylic acids is 2. The quantitative estimate of drug-likeness (QED) is 0.764. The van der Waals surface area contributed by atoms with Crippen LogP contribution < -0.4 is 11.1 Å². The number of halogens is 2. The highest BCUT2D eigenvalue weighted by Gasteiger charge is 2.08. The van der Waals surface area contributed by atoms with Crippen LogP contribution in [0.4, 0.5) is 8.78 Å². The van der Waals surface area contributed by atoms with E-state index in [0.717, 1.165) is 23.9 Å². The molecular formula is C10H10F2N2O2S. The molecule has 0 aliphatic carbocycles. The SMILES string of the molecule is NC(=O)CNC(=O)CSc1ccc(F)cc1F. The Bertz CT molecular complexity index is 440.